The molecule has 3 atom stereocenters. The monoisotopic (exact) mass is 632 g/mol. The molecule has 9 aromatic rings. The van der Waals surface area contributed by atoms with Crippen LogP contribution in [0.5, 0.6) is 0 Å². The highest BCUT2D eigenvalue weighted by atomic mass is 32.1. The summed E-state index contributed by atoms with van der Waals surface area (Å²) in [4.78, 5) is 5.44. The Bertz CT molecular complexity index is 2750. The standard InChI is InChI=1S/C43H28N4S/c1-4-13-27(14-5-1)30-20-12-21-34-39-32-23-25-36-38(31(32)24-26-37(39)48-40(30)34)33-19-10-11-22-35(33)45(36)43-44-41(28-15-6-2-7-16-28)46-42(47(43)46)29-17-8-3-9-18-29/h1-26,42-43H. The summed E-state index contributed by atoms with van der Waals surface area (Å²) in [6.07, 6.45) is -0.0689. The topological polar surface area (TPSA) is 23.3 Å². The number of rotatable bonds is 4. The summed E-state index contributed by atoms with van der Waals surface area (Å²) in [6, 6.07) is 57.1. The first-order valence-corrected chi connectivity index (χ1v) is 17.3. The molecule has 2 aliphatic rings. The summed E-state index contributed by atoms with van der Waals surface area (Å²) in [5.41, 5.74) is 7.37. The Morgan fingerprint density at radius 3 is 1.98 bits per heavy atom. The van der Waals surface area contributed by atoms with Gasteiger partial charge in [0.25, 0.3) is 0 Å². The largest absolute Gasteiger partial charge is 0.304 e. The van der Waals surface area contributed by atoms with Crippen LogP contribution in [0, 0.1) is 0 Å². The Morgan fingerprint density at radius 2 is 1.17 bits per heavy atom. The van der Waals surface area contributed by atoms with Crippen molar-refractivity contribution >= 4 is 69.9 Å². The van der Waals surface area contributed by atoms with Gasteiger partial charge in [-0.25, -0.2) is 4.99 Å². The smallest absolute Gasteiger partial charge is 0.204 e. The van der Waals surface area contributed by atoms with Gasteiger partial charge in [-0.15, -0.1) is 16.3 Å². The molecule has 0 amide bonds. The SMILES string of the molecule is c1ccc(C2=NC(n3c4ccccc4c4c5ccc6sc7c(-c8ccccc8)cccc7c6c5ccc43)N3C(c4ccccc4)N23)cc1. The molecule has 1 saturated heterocycles. The number of thiophene rings is 1. The summed E-state index contributed by atoms with van der Waals surface area (Å²) in [6.45, 7) is 0. The number of hydrogen-bond donors (Lipinski definition) is 0. The molecule has 0 N–H and O–H groups in total. The lowest BCUT2D eigenvalue weighted by Crippen LogP contribution is -2.14. The van der Waals surface area contributed by atoms with Crippen LogP contribution in [-0.2, 0) is 0 Å². The van der Waals surface area contributed by atoms with Gasteiger partial charge in [-0.05, 0) is 45.7 Å². The molecule has 7 aromatic carbocycles. The molecule has 4 heterocycles. The fourth-order valence-electron chi connectivity index (χ4n) is 8.06. The maximum atomic E-state index is 5.44. The number of aromatic nitrogens is 1. The van der Waals surface area contributed by atoms with Crippen LogP contribution in [0.4, 0.5) is 0 Å². The van der Waals surface area contributed by atoms with E-state index < -0.39 is 0 Å². The summed E-state index contributed by atoms with van der Waals surface area (Å²) in [7, 11) is 0. The van der Waals surface area contributed by atoms with E-state index in [1.165, 1.54) is 69.4 Å². The Hall–Kier alpha value is -5.75. The molecule has 4 nitrogen and oxygen atoms in total. The Labute approximate surface area is 281 Å². The molecule has 0 aliphatic carbocycles. The van der Waals surface area contributed by atoms with Crippen molar-refractivity contribution in [1.82, 2.24) is 14.6 Å². The van der Waals surface area contributed by atoms with Gasteiger partial charge in [-0.1, -0.05) is 140 Å². The molecule has 1 fully saturated rings. The van der Waals surface area contributed by atoms with Crippen LogP contribution < -0.4 is 0 Å². The highest BCUT2D eigenvalue weighted by Gasteiger charge is 2.58. The summed E-state index contributed by atoms with van der Waals surface area (Å²) in [5, 5.41) is 12.6. The van der Waals surface area contributed by atoms with Crippen molar-refractivity contribution in [2.75, 3.05) is 0 Å². The van der Waals surface area contributed by atoms with Gasteiger partial charge in [0, 0.05) is 36.5 Å². The van der Waals surface area contributed by atoms with Crippen LogP contribution in [0.1, 0.15) is 23.6 Å². The van der Waals surface area contributed by atoms with E-state index >= 15 is 0 Å². The van der Waals surface area contributed by atoms with Gasteiger partial charge in [-0.2, -0.15) is 0 Å². The molecule has 226 valence electrons. The van der Waals surface area contributed by atoms with Crippen molar-refractivity contribution in [2.45, 2.75) is 12.5 Å². The average Bonchev–Trinajstić information content (AvgIpc) is 3.40. The number of para-hydroxylation sites is 1. The maximum absolute atomic E-state index is 5.44. The summed E-state index contributed by atoms with van der Waals surface area (Å²) >= 11 is 1.90. The molecule has 48 heavy (non-hydrogen) atoms. The van der Waals surface area contributed by atoms with Gasteiger partial charge < -0.3 is 4.57 Å². The minimum atomic E-state index is -0.204. The predicted molar refractivity (Wildman–Crippen MR) is 200 cm³/mol. The van der Waals surface area contributed by atoms with E-state index in [2.05, 4.69) is 172 Å². The minimum Gasteiger partial charge on any atom is -0.304 e. The minimum absolute atomic E-state index is 0.135. The van der Waals surface area contributed by atoms with Crippen molar-refractivity contribution < 1.29 is 0 Å². The number of amidine groups is 1. The van der Waals surface area contributed by atoms with E-state index in [0.29, 0.717) is 0 Å². The molecule has 2 aromatic heterocycles. The number of nitrogens with zero attached hydrogens (tertiary/aromatic N) is 4. The second-order valence-electron chi connectivity index (χ2n) is 12.7. The molecule has 3 unspecified atom stereocenters. The maximum Gasteiger partial charge on any atom is 0.204 e. The van der Waals surface area contributed by atoms with Gasteiger partial charge in [0.05, 0.1) is 11.0 Å². The van der Waals surface area contributed by atoms with Crippen LogP contribution in [0.2, 0.25) is 0 Å². The third-order valence-corrected chi connectivity index (χ3v) is 11.3. The molecule has 2 aliphatic heterocycles. The fraction of sp³-hybridized carbons (Fsp3) is 0.0465. The van der Waals surface area contributed by atoms with Gasteiger partial charge in [-0.3, -0.25) is 5.01 Å². The van der Waals surface area contributed by atoms with Crippen LogP contribution in [0.15, 0.2) is 163 Å². The number of hydrogen-bond acceptors (Lipinski definition) is 4. The zero-order chi connectivity index (χ0) is 31.3. The number of hydrazine groups is 1. The first-order valence-electron chi connectivity index (χ1n) is 16.5. The lowest BCUT2D eigenvalue weighted by molar-refractivity contribution is 0.269. The molecular weight excluding hydrogens is 605 g/mol. The molecule has 0 spiro atoms. The average molecular weight is 633 g/mol. The Kier molecular flexibility index (Phi) is 5.42. The van der Waals surface area contributed by atoms with Crippen molar-refractivity contribution in [2.24, 2.45) is 4.99 Å². The Morgan fingerprint density at radius 1 is 0.500 bits per heavy atom. The van der Waals surface area contributed by atoms with Crippen LogP contribution >= 0.6 is 11.3 Å². The van der Waals surface area contributed by atoms with Gasteiger partial charge in [0.2, 0.25) is 6.29 Å². The highest BCUT2D eigenvalue weighted by Crippen LogP contribution is 2.54. The van der Waals surface area contributed by atoms with Gasteiger partial charge in [0.15, 0.2) is 5.84 Å². The van der Waals surface area contributed by atoms with Crippen molar-refractivity contribution in [3.05, 3.63) is 169 Å². The molecule has 0 bridgehead atoms. The third-order valence-electron chi connectivity index (χ3n) is 10.1. The number of benzene rings is 7. The number of aliphatic imine (C=N–C) groups is 1. The first kappa shape index (κ1) is 26.3. The second kappa shape index (κ2) is 9.88. The molecule has 0 radical (unpaired) electrons. The van der Waals surface area contributed by atoms with Gasteiger partial charge >= 0.3 is 0 Å². The van der Waals surface area contributed by atoms with Crippen molar-refractivity contribution in [3.8, 4) is 11.1 Å². The normalized spacial score (nSPS) is 18.7. The van der Waals surface area contributed by atoms with E-state index in [1.807, 2.05) is 11.3 Å². The van der Waals surface area contributed by atoms with Crippen LogP contribution in [0.3, 0.4) is 0 Å². The van der Waals surface area contributed by atoms with E-state index in [0.717, 1.165) is 11.4 Å². The summed E-state index contributed by atoms with van der Waals surface area (Å²) < 4.78 is 5.12. The first-order chi connectivity index (χ1) is 23.8. The molecule has 11 rings (SSSR count). The zero-order valence-corrected chi connectivity index (χ0v) is 26.7. The van der Waals surface area contributed by atoms with Crippen molar-refractivity contribution in [3.63, 3.8) is 0 Å². The second-order valence-corrected chi connectivity index (χ2v) is 13.8. The molecule has 0 saturated carbocycles. The van der Waals surface area contributed by atoms with Crippen molar-refractivity contribution in [1.29, 1.82) is 0 Å². The van der Waals surface area contributed by atoms with E-state index in [9.17, 15) is 0 Å². The fourth-order valence-corrected chi connectivity index (χ4v) is 9.31. The van der Waals surface area contributed by atoms with E-state index in [4.69, 9.17) is 4.99 Å². The lowest BCUT2D eigenvalue weighted by atomic mass is 9.98. The van der Waals surface area contributed by atoms with E-state index in [1.54, 1.807) is 0 Å². The van der Waals surface area contributed by atoms with Gasteiger partial charge in [0.1, 0.15) is 6.17 Å². The highest BCUT2D eigenvalue weighted by molar-refractivity contribution is 7.26. The lowest BCUT2D eigenvalue weighted by Gasteiger charge is -2.16. The summed E-state index contributed by atoms with van der Waals surface area (Å²) in [5.74, 6) is 1.02. The van der Waals surface area contributed by atoms with E-state index in [-0.39, 0.29) is 12.5 Å². The van der Waals surface area contributed by atoms with Crippen LogP contribution in [0.25, 0.3) is 63.9 Å². The predicted octanol–water partition coefficient (Wildman–Crippen LogP) is 11.1. The molecule has 5 heteroatoms. The quantitative estimate of drug-likeness (QED) is 0.180. The number of fused-ring (bicyclic) bond motifs is 10. The van der Waals surface area contributed by atoms with Crippen LogP contribution in [-0.4, -0.2) is 20.4 Å². The Balaban J connectivity index is 1.16. The molecular formula is C43H28N4S. The zero-order valence-electron chi connectivity index (χ0n) is 25.9. The third kappa shape index (κ3) is 3.60.